The van der Waals surface area contributed by atoms with E-state index in [1.165, 1.54) is 6.08 Å². The van der Waals surface area contributed by atoms with Crippen molar-refractivity contribution >= 4 is 17.5 Å². The lowest BCUT2D eigenvalue weighted by Crippen LogP contribution is -2.14. The van der Waals surface area contributed by atoms with Crippen molar-refractivity contribution in [2.45, 2.75) is 26.2 Å². The number of amides is 1. The molecule has 0 unspecified atom stereocenters. The van der Waals surface area contributed by atoms with E-state index in [1.807, 2.05) is 0 Å². The topological polar surface area (TPSA) is 29.1 Å². The molecule has 0 aliphatic heterocycles. The van der Waals surface area contributed by atoms with Crippen LogP contribution in [0.2, 0.25) is 0 Å². The molecule has 0 heterocycles. The molecule has 0 aromatic carbocycles. The number of hydrogen-bond acceptors (Lipinski definition) is 1. The van der Waals surface area contributed by atoms with Crippen molar-refractivity contribution in [1.29, 1.82) is 0 Å². The Labute approximate surface area is 72.6 Å². The summed E-state index contributed by atoms with van der Waals surface area (Å²) in [6, 6.07) is 0. The van der Waals surface area contributed by atoms with Gasteiger partial charge < -0.3 is 5.32 Å². The number of carbonyl (C=O) groups is 1. The Bertz CT molecular complexity index is 154. The molecule has 0 fully saturated rings. The van der Waals surface area contributed by atoms with Crippen LogP contribution in [0.4, 0.5) is 0 Å². The molecule has 0 aromatic rings. The van der Waals surface area contributed by atoms with Gasteiger partial charge in [0.05, 0.1) is 0 Å². The highest BCUT2D eigenvalue weighted by atomic mass is 35.5. The van der Waals surface area contributed by atoms with Gasteiger partial charge in [-0.25, -0.2) is 0 Å². The van der Waals surface area contributed by atoms with E-state index < -0.39 is 0 Å². The van der Waals surface area contributed by atoms with Crippen molar-refractivity contribution in [3.8, 4) is 0 Å². The third-order valence-corrected chi connectivity index (χ3v) is 1.60. The number of halogens is 1. The van der Waals surface area contributed by atoms with Crippen molar-refractivity contribution in [3.05, 3.63) is 11.1 Å². The maximum Gasteiger partial charge on any atom is 0.244 e. The Morgan fingerprint density at radius 2 is 2.27 bits per heavy atom. The highest BCUT2D eigenvalue weighted by Crippen LogP contribution is 2.10. The lowest BCUT2D eigenvalue weighted by molar-refractivity contribution is -0.116. The maximum atomic E-state index is 10.7. The van der Waals surface area contributed by atoms with Crippen molar-refractivity contribution in [3.63, 3.8) is 0 Å². The molecular formula is C8H14ClNO. The van der Waals surface area contributed by atoms with Gasteiger partial charge in [0.1, 0.15) is 0 Å². The number of allylic oxidation sites excluding steroid dienone is 1. The van der Waals surface area contributed by atoms with Crippen LogP contribution in [0, 0.1) is 0 Å². The fourth-order valence-electron chi connectivity index (χ4n) is 0.632. The summed E-state index contributed by atoms with van der Waals surface area (Å²) in [5.41, 5.74) is 0. The highest BCUT2D eigenvalue weighted by molar-refractivity contribution is 6.30. The lowest BCUT2D eigenvalue weighted by Gasteiger charge is -1.95. The largest absolute Gasteiger partial charge is 0.356 e. The summed E-state index contributed by atoms with van der Waals surface area (Å²) in [6.07, 6.45) is 4.35. The van der Waals surface area contributed by atoms with Gasteiger partial charge in [0, 0.05) is 18.2 Å². The Morgan fingerprint density at radius 3 is 2.73 bits per heavy atom. The van der Waals surface area contributed by atoms with Crippen LogP contribution in [0.3, 0.4) is 0 Å². The standard InChI is InChI=1S/C8H14ClNO/c1-3-4-5-7(9)6-8(11)10-2/h6H,3-5H2,1-2H3,(H,10,11). The second kappa shape index (κ2) is 6.23. The first-order valence-electron chi connectivity index (χ1n) is 3.78. The molecule has 2 nitrogen and oxygen atoms in total. The van der Waals surface area contributed by atoms with Crippen molar-refractivity contribution in [1.82, 2.24) is 5.32 Å². The number of rotatable bonds is 4. The zero-order valence-corrected chi connectivity index (χ0v) is 7.74. The van der Waals surface area contributed by atoms with E-state index in [2.05, 4.69) is 12.2 Å². The number of hydrogen-bond donors (Lipinski definition) is 1. The normalized spacial score (nSPS) is 11.4. The average molecular weight is 176 g/mol. The number of nitrogens with one attached hydrogen (secondary N) is 1. The number of unbranched alkanes of at least 4 members (excludes halogenated alkanes) is 1. The quantitative estimate of drug-likeness (QED) is 0.651. The van der Waals surface area contributed by atoms with Gasteiger partial charge >= 0.3 is 0 Å². The molecule has 0 aromatic heterocycles. The molecule has 64 valence electrons. The van der Waals surface area contributed by atoms with Crippen LogP contribution in [-0.4, -0.2) is 13.0 Å². The minimum absolute atomic E-state index is 0.133. The third kappa shape index (κ3) is 5.92. The first-order valence-corrected chi connectivity index (χ1v) is 4.16. The summed E-state index contributed by atoms with van der Waals surface area (Å²) in [4.78, 5) is 10.7. The van der Waals surface area contributed by atoms with E-state index in [0.717, 1.165) is 19.3 Å². The first kappa shape index (κ1) is 10.5. The van der Waals surface area contributed by atoms with E-state index in [4.69, 9.17) is 11.6 Å². The highest BCUT2D eigenvalue weighted by Gasteiger charge is 1.95. The van der Waals surface area contributed by atoms with Crippen LogP contribution in [0.1, 0.15) is 26.2 Å². The van der Waals surface area contributed by atoms with Gasteiger partial charge in [0.25, 0.3) is 0 Å². The zero-order chi connectivity index (χ0) is 8.69. The third-order valence-electron chi connectivity index (χ3n) is 1.30. The lowest BCUT2D eigenvalue weighted by atomic mass is 10.2. The molecule has 0 saturated heterocycles. The van der Waals surface area contributed by atoms with Crippen LogP contribution in [0.25, 0.3) is 0 Å². The van der Waals surface area contributed by atoms with Gasteiger partial charge in [0.2, 0.25) is 5.91 Å². The fourth-order valence-corrected chi connectivity index (χ4v) is 0.865. The molecule has 11 heavy (non-hydrogen) atoms. The van der Waals surface area contributed by atoms with Gasteiger partial charge in [-0.1, -0.05) is 24.9 Å². The van der Waals surface area contributed by atoms with E-state index >= 15 is 0 Å². The first-order chi connectivity index (χ1) is 5.20. The van der Waals surface area contributed by atoms with Crippen LogP contribution in [-0.2, 0) is 4.79 Å². The summed E-state index contributed by atoms with van der Waals surface area (Å²) in [7, 11) is 1.59. The van der Waals surface area contributed by atoms with E-state index in [1.54, 1.807) is 7.05 Å². The van der Waals surface area contributed by atoms with Crippen molar-refractivity contribution in [2.75, 3.05) is 7.05 Å². The fraction of sp³-hybridized carbons (Fsp3) is 0.625. The van der Waals surface area contributed by atoms with Gasteiger partial charge in [-0.2, -0.15) is 0 Å². The second-order valence-corrected chi connectivity index (χ2v) is 2.79. The molecule has 1 amide bonds. The second-order valence-electron chi connectivity index (χ2n) is 2.31. The van der Waals surface area contributed by atoms with E-state index in [0.29, 0.717) is 5.03 Å². The predicted molar refractivity (Wildman–Crippen MR) is 47.5 cm³/mol. The molecule has 3 heteroatoms. The minimum Gasteiger partial charge on any atom is -0.356 e. The van der Waals surface area contributed by atoms with Gasteiger partial charge in [-0.3, -0.25) is 4.79 Å². The maximum absolute atomic E-state index is 10.7. The molecule has 0 spiro atoms. The molecule has 0 bridgehead atoms. The predicted octanol–water partition coefficient (Wildman–Crippen LogP) is 2.05. The average Bonchev–Trinajstić information content (AvgIpc) is 2.00. The Balaban J connectivity index is 3.70. The van der Waals surface area contributed by atoms with Gasteiger partial charge in [0.15, 0.2) is 0 Å². The Hall–Kier alpha value is -0.500. The molecule has 0 atom stereocenters. The van der Waals surface area contributed by atoms with E-state index in [-0.39, 0.29) is 5.91 Å². The molecule has 0 aliphatic carbocycles. The monoisotopic (exact) mass is 175 g/mol. The smallest absolute Gasteiger partial charge is 0.244 e. The molecule has 0 rings (SSSR count). The van der Waals surface area contributed by atoms with Crippen molar-refractivity contribution < 1.29 is 4.79 Å². The van der Waals surface area contributed by atoms with E-state index in [9.17, 15) is 4.79 Å². The van der Waals surface area contributed by atoms with Crippen LogP contribution in [0.5, 0.6) is 0 Å². The molecule has 0 saturated carbocycles. The summed E-state index contributed by atoms with van der Waals surface area (Å²) in [6.45, 7) is 2.09. The number of carbonyl (C=O) groups excluding carboxylic acids is 1. The van der Waals surface area contributed by atoms with Crippen LogP contribution in [0.15, 0.2) is 11.1 Å². The van der Waals surface area contributed by atoms with Gasteiger partial charge in [-0.05, 0) is 12.8 Å². The van der Waals surface area contributed by atoms with Crippen LogP contribution < -0.4 is 5.32 Å². The Kier molecular flexibility index (Phi) is 5.94. The minimum atomic E-state index is -0.133. The van der Waals surface area contributed by atoms with Gasteiger partial charge in [-0.15, -0.1) is 0 Å². The van der Waals surface area contributed by atoms with Crippen LogP contribution >= 0.6 is 11.6 Å². The summed E-state index contributed by atoms with van der Waals surface area (Å²) in [5, 5.41) is 3.10. The molecule has 1 N–H and O–H groups in total. The SMILES string of the molecule is CCCCC(Cl)=CC(=O)NC. The Morgan fingerprint density at radius 1 is 1.64 bits per heavy atom. The molecule has 0 aliphatic rings. The summed E-state index contributed by atoms with van der Waals surface area (Å²) >= 11 is 5.73. The molecule has 0 radical (unpaired) electrons. The number of likely N-dealkylation sites (N-methyl/N-ethyl adjacent to an activating group) is 1. The molecular weight excluding hydrogens is 162 g/mol. The summed E-state index contributed by atoms with van der Waals surface area (Å²) in [5.74, 6) is -0.133. The zero-order valence-electron chi connectivity index (χ0n) is 6.98. The summed E-state index contributed by atoms with van der Waals surface area (Å²) < 4.78 is 0. The van der Waals surface area contributed by atoms with Crippen molar-refractivity contribution in [2.24, 2.45) is 0 Å².